The van der Waals surface area contributed by atoms with Crippen molar-refractivity contribution < 1.29 is 34.7 Å². The molecule has 0 spiro atoms. The van der Waals surface area contributed by atoms with E-state index in [-0.39, 0.29) is 35.0 Å². The maximum absolute atomic E-state index is 13.8. The first-order chi connectivity index (χ1) is 24.5. The molecule has 5 rings (SSSR count). The first-order valence-corrected chi connectivity index (χ1v) is 21.8. The van der Waals surface area contributed by atoms with E-state index >= 15 is 0 Å². The molecule has 0 saturated heterocycles. The highest BCUT2D eigenvalue weighted by Crippen LogP contribution is 2.38. The standard InChI is InChI=1S/C41H46O8S2Si/c1-32-21-24-36(25-22-32)51(45,46)48-30-41(47-29-34-15-9-6-10-16-34,28-35-27-33(2)23-26-39(35)50(42,43)44)31-49-52(40(3,4)5,37-17-11-7-12-18-37)38-19-13-8-14-20-38/h6-27H,28-31H2,1-5H3,(H,42,43,44). The second kappa shape index (κ2) is 16.0. The van der Waals surface area contributed by atoms with E-state index in [9.17, 15) is 21.4 Å². The van der Waals surface area contributed by atoms with E-state index in [1.807, 2.05) is 97.9 Å². The second-order valence-corrected chi connectivity index (χ2v) is 21.5. The first-order valence-electron chi connectivity index (χ1n) is 17.0. The van der Waals surface area contributed by atoms with Gasteiger partial charge in [0.15, 0.2) is 0 Å². The molecular weight excluding hydrogens is 713 g/mol. The fourth-order valence-corrected chi connectivity index (χ4v) is 12.8. The zero-order valence-electron chi connectivity index (χ0n) is 30.2. The third kappa shape index (κ3) is 9.16. The second-order valence-electron chi connectivity index (χ2n) is 14.2. The van der Waals surface area contributed by atoms with Gasteiger partial charge in [-0.25, -0.2) is 0 Å². The maximum atomic E-state index is 13.8. The predicted molar refractivity (Wildman–Crippen MR) is 207 cm³/mol. The normalized spacial score (nSPS) is 13.8. The summed E-state index contributed by atoms with van der Waals surface area (Å²) >= 11 is 0. The lowest BCUT2D eigenvalue weighted by atomic mass is 9.94. The Morgan fingerprint density at radius 1 is 0.654 bits per heavy atom. The molecule has 0 bridgehead atoms. The summed E-state index contributed by atoms with van der Waals surface area (Å²) in [6, 6.07) is 40.3. The van der Waals surface area contributed by atoms with Crippen molar-refractivity contribution in [1.29, 1.82) is 0 Å². The molecule has 274 valence electrons. The van der Waals surface area contributed by atoms with Gasteiger partial charge >= 0.3 is 0 Å². The van der Waals surface area contributed by atoms with Crippen LogP contribution in [-0.4, -0.2) is 48.5 Å². The molecular formula is C41H46O8S2Si. The Morgan fingerprint density at radius 3 is 1.69 bits per heavy atom. The highest BCUT2D eigenvalue weighted by atomic mass is 32.2. The average molecular weight is 759 g/mol. The molecule has 11 heteroatoms. The Labute approximate surface area is 309 Å². The SMILES string of the molecule is Cc1ccc(S(=O)(=O)OCC(CO[Si](c2ccccc2)(c2ccccc2)C(C)(C)C)(Cc2cc(C)ccc2S(=O)(=O)O)OCc2ccccc2)cc1. The quantitative estimate of drug-likeness (QED) is 0.0688. The number of benzene rings is 5. The van der Waals surface area contributed by atoms with Gasteiger partial charge in [-0.05, 0) is 58.6 Å². The van der Waals surface area contributed by atoms with Crippen molar-refractivity contribution in [1.82, 2.24) is 0 Å². The summed E-state index contributed by atoms with van der Waals surface area (Å²) in [7, 11) is -12.2. The molecule has 0 radical (unpaired) electrons. The molecule has 5 aromatic rings. The van der Waals surface area contributed by atoms with E-state index in [0.717, 1.165) is 27.1 Å². The van der Waals surface area contributed by atoms with Crippen molar-refractivity contribution in [3.63, 3.8) is 0 Å². The predicted octanol–water partition coefficient (Wildman–Crippen LogP) is 7.03. The van der Waals surface area contributed by atoms with Crippen LogP contribution in [0.25, 0.3) is 0 Å². The smallest absolute Gasteiger partial charge is 0.297 e. The van der Waals surface area contributed by atoms with Crippen molar-refractivity contribution in [3.05, 3.63) is 156 Å². The largest absolute Gasteiger partial charge is 0.404 e. The van der Waals surface area contributed by atoms with Gasteiger partial charge in [0.2, 0.25) is 0 Å². The van der Waals surface area contributed by atoms with Crippen LogP contribution >= 0.6 is 0 Å². The fourth-order valence-electron chi connectivity index (χ4n) is 6.49. The molecule has 1 atom stereocenters. The van der Waals surface area contributed by atoms with Gasteiger partial charge in [-0.2, -0.15) is 16.8 Å². The summed E-state index contributed by atoms with van der Waals surface area (Å²) in [5.74, 6) is 0. The van der Waals surface area contributed by atoms with Gasteiger partial charge in [0.05, 0.1) is 29.6 Å². The summed E-state index contributed by atoms with van der Waals surface area (Å²) in [5.41, 5.74) is 1.07. The number of ether oxygens (including phenoxy) is 1. The zero-order valence-corrected chi connectivity index (χ0v) is 32.8. The zero-order chi connectivity index (χ0) is 37.6. The van der Waals surface area contributed by atoms with Crippen molar-refractivity contribution in [3.8, 4) is 0 Å². The van der Waals surface area contributed by atoms with E-state index < -0.39 is 45.8 Å². The first kappa shape index (κ1) is 39.3. The Kier molecular flexibility index (Phi) is 12.1. The number of hydrogen-bond acceptors (Lipinski definition) is 7. The minimum Gasteiger partial charge on any atom is -0.404 e. The van der Waals surface area contributed by atoms with Crippen molar-refractivity contribution in [2.24, 2.45) is 0 Å². The molecule has 52 heavy (non-hydrogen) atoms. The number of rotatable bonds is 15. The van der Waals surface area contributed by atoms with Crippen molar-refractivity contribution >= 4 is 38.9 Å². The Morgan fingerprint density at radius 2 is 1.17 bits per heavy atom. The summed E-state index contributed by atoms with van der Waals surface area (Å²) in [4.78, 5) is -0.338. The van der Waals surface area contributed by atoms with Gasteiger partial charge in [-0.1, -0.05) is 147 Å². The molecule has 0 saturated carbocycles. The van der Waals surface area contributed by atoms with Gasteiger partial charge in [0.25, 0.3) is 28.6 Å². The minimum atomic E-state index is -4.68. The molecule has 1 N–H and O–H groups in total. The number of hydrogen-bond donors (Lipinski definition) is 1. The third-order valence-electron chi connectivity index (χ3n) is 9.15. The van der Waals surface area contributed by atoms with E-state index in [0.29, 0.717) is 0 Å². The van der Waals surface area contributed by atoms with E-state index in [2.05, 4.69) is 20.8 Å². The molecule has 5 aromatic carbocycles. The molecule has 0 amide bonds. The van der Waals surface area contributed by atoms with Crippen LogP contribution in [0.3, 0.4) is 0 Å². The van der Waals surface area contributed by atoms with E-state index in [1.54, 1.807) is 31.2 Å². The Bertz CT molecular complexity index is 2110. The highest BCUT2D eigenvalue weighted by molar-refractivity contribution is 7.86. The third-order valence-corrected chi connectivity index (χ3v) is 16.4. The average Bonchev–Trinajstić information content (AvgIpc) is 3.10. The van der Waals surface area contributed by atoms with Crippen LogP contribution in [0, 0.1) is 13.8 Å². The monoisotopic (exact) mass is 758 g/mol. The molecule has 0 aliphatic rings. The van der Waals surface area contributed by atoms with Crippen molar-refractivity contribution in [2.75, 3.05) is 13.2 Å². The minimum absolute atomic E-state index is 0.0304. The van der Waals surface area contributed by atoms with Crippen LogP contribution in [0.2, 0.25) is 5.04 Å². The molecule has 1 unspecified atom stereocenters. The summed E-state index contributed by atoms with van der Waals surface area (Å²) in [5, 5.41) is 1.54. The van der Waals surface area contributed by atoms with Gasteiger partial charge in [0.1, 0.15) is 5.60 Å². The molecule has 0 aliphatic heterocycles. The van der Waals surface area contributed by atoms with Gasteiger partial charge in [0, 0.05) is 6.42 Å². The van der Waals surface area contributed by atoms with Crippen molar-refractivity contribution in [2.45, 2.75) is 68.1 Å². The van der Waals surface area contributed by atoms with Gasteiger partial charge in [-0.15, -0.1) is 0 Å². The van der Waals surface area contributed by atoms with Crippen LogP contribution in [0.5, 0.6) is 0 Å². The Hall–Kier alpha value is -3.94. The van der Waals surface area contributed by atoms with Gasteiger partial charge < -0.3 is 9.16 Å². The molecule has 0 heterocycles. The highest BCUT2D eigenvalue weighted by Gasteiger charge is 2.52. The molecule has 0 aliphatic carbocycles. The van der Waals surface area contributed by atoms with E-state index in [4.69, 9.17) is 13.3 Å². The number of aryl methyl sites for hydroxylation is 2. The maximum Gasteiger partial charge on any atom is 0.297 e. The molecule has 0 aromatic heterocycles. The van der Waals surface area contributed by atoms with Crippen LogP contribution in [0.1, 0.15) is 43.0 Å². The summed E-state index contributed by atoms with van der Waals surface area (Å²) < 4.78 is 83.4. The summed E-state index contributed by atoms with van der Waals surface area (Å²) in [6.45, 7) is 9.37. The lowest BCUT2D eigenvalue weighted by Crippen LogP contribution is -2.68. The topological polar surface area (TPSA) is 116 Å². The summed E-state index contributed by atoms with van der Waals surface area (Å²) in [6.07, 6.45) is -0.168. The lowest BCUT2D eigenvalue weighted by molar-refractivity contribution is -0.107. The fraction of sp³-hybridized carbons (Fsp3) is 0.268. The molecule has 0 fully saturated rings. The van der Waals surface area contributed by atoms with E-state index in [1.165, 1.54) is 18.2 Å². The molecule has 8 nitrogen and oxygen atoms in total. The van der Waals surface area contributed by atoms with Crippen LogP contribution in [-0.2, 0) is 46.6 Å². The van der Waals surface area contributed by atoms with Crippen LogP contribution < -0.4 is 10.4 Å². The van der Waals surface area contributed by atoms with Crippen LogP contribution in [0.4, 0.5) is 0 Å². The Balaban J connectivity index is 1.70. The van der Waals surface area contributed by atoms with Gasteiger partial charge in [-0.3, -0.25) is 8.74 Å². The van der Waals surface area contributed by atoms with Crippen LogP contribution in [0.15, 0.2) is 143 Å². The lowest BCUT2D eigenvalue weighted by Gasteiger charge is -2.45.